The monoisotopic (exact) mass is 322 g/mol. The summed E-state index contributed by atoms with van der Waals surface area (Å²) < 4.78 is 2.03. The van der Waals surface area contributed by atoms with Crippen LogP contribution in [0.1, 0.15) is 21.5 Å². The van der Waals surface area contributed by atoms with Crippen molar-refractivity contribution in [1.29, 1.82) is 0 Å². The van der Waals surface area contributed by atoms with Gasteiger partial charge in [-0.3, -0.25) is 9.36 Å². The van der Waals surface area contributed by atoms with E-state index in [-0.39, 0.29) is 5.78 Å². The van der Waals surface area contributed by atoms with Crippen LogP contribution < -0.4 is 0 Å². The predicted octanol–water partition coefficient (Wildman–Crippen LogP) is 4.46. The van der Waals surface area contributed by atoms with Crippen LogP contribution in [0.25, 0.3) is 5.69 Å². The fourth-order valence-electron chi connectivity index (χ4n) is 2.52. The lowest BCUT2D eigenvalue weighted by atomic mass is 10.1. The van der Waals surface area contributed by atoms with Gasteiger partial charge in [0.05, 0.1) is 5.75 Å². The summed E-state index contributed by atoms with van der Waals surface area (Å²) in [5.74, 6) is 0.497. The first-order valence-corrected chi connectivity index (χ1v) is 8.45. The Morgan fingerprint density at radius 3 is 2.48 bits per heavy atom. The highest BCUT2D eigenvalue weighted by Crippen LogP contribution is 2.23. The molecule has 0 atom stereocenters. The largest absolute Gasteiger partial charge is 0.295 e. The van der Waals surface area contributed by atoms with Gasteiger partial charge in [-0.15, -0.1) is 0 Å². The van der Waals surface area contributed by atoms with E-state index in [9.17, 15) is 4.79 Å². The number of imidazole rings is 1. The van der Waals surface area contributed by atoms with E-state index in [0.29, 0.717) is 5.75 Å². The third kappa shape index (κ3) is 3.71. The van der Waals surface area contributed by atoms with Gasteiger partial charge in [-0.05, 0) is 37.1 Å². The molecule has 3 rings (SSSR count). The van der Waals surface area contributed by atoms with Crippen molar-refractivity contribution in [2.45, 2.75) is 19.0 Å². The van der Waals surface area contributed by atoms with Crippen molar-refractivity contribution in [3.63, 3.8) is 0 Å². The standard InChI is InChI=1S/C19H18N2OS/c1-14-10-15(2)12-17(11-14)21-9-8-20-19(21)23-13-18(22)16-6-4-3-5-7-16/h3-12H,13H2,1-2H3. The second-order valence-corrected chi connectivity index (χ2v) is 6.45. The summed E-state index contributed by atoms with van der Waals surface area (Å²) in [6.07, 6.45) is 3.70. The van der Waals surface area contributed by atoms with Crippen LogP contribution in [-0.2, 0) is 0 Å². The number of rotatable bonds is 5. The van der Waals surface area contributed by atoms with Crippen LogP contribution in [0.5, 0.6) is 0 Å². The van der Waals surface area contributed by atoms with Crippen molar-refractivity contribution in [3.8, 4) is 5.69 Å². The van der Waals surface area contributed by atoms with Gasteiger partial charge in [-0.1, -0.05) is 48.2 Å². The van der Waals surface area contributed by atoms with E-state index in [0.717, 1.165) is 16.4 Å². The Bertz CT molecular complexity index is 804. The molecule has 0 aliphatic rings. The van der Waals surface area contributed by atoms with E-state index >= 15 is 0 Å². The maximum absolute atomic E-state index is 12.2. The number of hydrogen-bond donors (Lipinski definition) is 0. The Morgan fingerprint density at radius 2 is 1.78 bits per heavy atom. The van der Waals surface area contributed by atoms with Gasteiger partial charge in [0.15, 0.2) is 10.9 Å². The summed E-state index contributed by atoms with van der Waals surface area (Å²) in [6.45, 7) is 4.17. The van der Waals surface area contributed by atoms with Gasteiger partial charge in [0.2, 0.25) is 0 Å². The highest BCUT2D eigenvalue weighted by Gasteiger charge is 2.11. The lowest BCUT2D eigenvalue weighted by Gasteiger charge is -2.09. The van der Waals surface area contributed by atoms with Gasteiger partial charge in [-0.2, -0.15) is 0 Å². The fraction of sp³-hybridized carbons (Fsp3) is 0.158. The third-order valence-corrected chi connectivity index (χ3v) is 4.49. The Labute approximate surface area is 140 Å². The SMILES string of the molecule is Cc1cc(C)cc(-n2ccnc2SCC(=O)c2ccccc2)c1. The summed E-state index contributed by atoms with van der Waals surface area (Å²) in [5, 5.41) is 0.833. The van der Waals surface area contributed by atoms with Crippen molar-refractivity contribution in [1.82, 2.24) is 9.55 Å². The topological polar surface area (TPSA) is 34.9 Å². The number of carbonyl (C=O) groups is 1. The van der Waals surface area contributed by atoms with Crippen molar-refractivity contribution in [2.24, 2.45) is 0 Å². The molecule has 0 bridgehead atoms. The lowest BCUT2D eigenvalue weighted by Crippen LogP contribution is -2.04. The van der Waals surface area contributed by atoms with Crippen molar-refractivity contribution < 1.29 is 4.79 Å². The number of hydrogen-bond acceptors (Lipinski definition) is 3. The smallest absolute Gasteiger partial charge is 0.173 e. The third-order valence-electron chi connectivity index (χ3n) is 3.52. The summed E-state index contributed by atoms with van der Waals surface area (Å²) in [4.78, 5) is 16.6. The van der Waals surface area contributed by atoms with Gasteiger partial charge in [0.1, 0.15) is 0 Å². The first-order valence-electron chi connectivity index (χ1n) is 7.46. The summed E-state index contributed by atoms with van der Waals surface area (Å²) in [5.41, 5.74) is 4.24. The zero-order valence-electron chi connectivity index (χ0n) is 13.2. The molecule has 0 fully saturated rings. The summed E-state index contributed by atoms with van der Waals surface area (Å²) >= 11 is 1.47. The molecule has 0 spiro atoms. The van der Waals surface area contributed by atoms with Crippen LogP contribution in [0.2, 0.25) is 0 Å². The highest BCUT2D eigenvalue weighted by molar-refractivity contribution is 7.99. The Balaban J connectivity index is 1.78. The van der Waals surface area contributed by atoms with Gasteiger partial charge in [0, 0.05) is 23.6 Å². The van der Waals surface area contributed by atoms with Crippen LogP contribution in [-0.4, -0.2) is 21.1 Å². The molecule has 0 aliphatic carbocycles. The van der Waals surface area contributed by atoms with Crippen LogP contribution in [0.15, 0.2) is 66.1 Å². The number of Topliss-reactive ketones (excluding diaryl/α,β-unsaturated/α-hetero) is 1. The molecule has 0 unspecified atom stereocenters. The fourth-order valence-corrected chi connectivity index (χ4v) is 3.39. The second kappa shape index (κ2) is 6.84. The Kier molecular flexibility index (Phi) is 4.63. The second-order valence-electron chi connectivity index (χ2n) is 5.50. The first kappa shape index (κ1) is 15.6. The number of carbonyl (C=O) groups excluding carboxylic acids is 1. The number of thioether (sulfide) groups is 1. The minimum absolute atomic E-state index is 0.116. The normalized spacial score (nSPS) is 10.7. The lowest BCUT2D eigenvalue weighted by molar-refractivity contribution is 0.102. The van der Waals surface area contributed by atoms with Crippen molar-refractivity contribution >= 4 is 17.5 Å². The maximum atomic E-state index is 12.2. The molecule has 3 aromatic rings. The first-order chi connectivity index (χ1) is 11.1. The highest BCUT2D eigenvalue weighted by atomic mass is 32.2. The van der Waals surface area contributed by atoms with E-state index in [1.54, 1.807) is 6.20 Å². The van der Waals surface area contributed by atoms with E-state index < -0.39 is 0 Å². The molecule has 1 aromatic heterocycles. The zero-order chi connectivity index (χ0) is 16.2. The number of benzene rings is 2. The molecule has 116 valence electrons. The van der Waals surface area contributed by atoms with Crippen LogP contribution in [0.3, 0.4) is 0 Å². The van der Waals surface area contributed by atoms with Gasteiger partial charge in [-0.25, -0.2) is 4.98 Å². The van der Waals surface area contributed by atoms with Crippen LogP contribution in [0.4, 0.5) is 0 Å². The van der Waals surface area contributed by atoms with Crippen LogP contribution >= 0.6 is 11.8 Å². The molecule has 23 heavy (non-hydrogen) atoms. The number of aryl methyl sites for hydroxylation is 2. The number of aromatic nitrogens is 2. The average Bonchev–Trinajstić information content (AvgIpc) is 3.01. The van der Waals surface area contributed by atoms with Gasteiger partial charge < -0.3 is 0 Å². The number of ketones is 1. The summed E-state index contributed by atoms with van der Waals surface area (Å²) in [6, 6.07) is 15.8. The Hall–Kier alpha value is -2.33. The molecule has 0 amide bonds. The molecule has 0 radical (unpaired) electrons. The van der Waals surface area contributed by atoms with E-state index in [4.69, 9.17) is 0 Å². The molecule has 0 aliphatic heterocycles. The summed E-state index contributed by atoms with van der Waals surface area (Å²) in [7, 11) is 0. The molecular weight excluding hydrogens is 304 g/mol. The minimum atomic E-state index is 0.116. The van der Waals surface area contributed by atoms with E-state index in [1.807, 2.05) is 41.1 Å². The number of nitrogens with zero attached hydrogens (tertiary/aromatic N) is 2. The van der Waals surface area contributed by atoms with Crippen LogP contribution in [0, 0.1) is 13.8 Å². The van der Waals surface area contributed by atoms with Gasteiger partial charge in [0.25, 0.3) is 0 Å². The minimum Gasteiger partial charge on any atom is -0.295 e. The molecule has 1 heterocycles. The Morgan fingerprint density at radius 1 is 1.09 bits per heavy atom. The molecule has 0 saturated heterocycles. The van der Waals surface area contributed by atoms with E-state index in [2.05, 4.69) is 37.0 Å². The van der Waals surface area contributed by atoms with Crippen molar-refractivity contribution in [2.75, 3.05) is 5.75 Å². The molecule has 0 saturated carbocycles. The maximum Gasteiger partial charge on any atom is 0.173 e. The van der Waals surface area contributed by atoms with Gasteiger partial charge >= 0.3 is 0 Å². The zero-order valence-corrected chi connectivity index (χ0v) is 14.0. The molecular formula is C19H18N2OS. The molecule has 4 heteroatoms. The average molecular weight is 322 g/mol. The molecule has 2 aromatic carbocycles. The van der Waals surface area contributed by atoms with E-state index in [1.165, 1.54) is 22.9 Å². The van der Waals surface area contributed by atoms with Crippen molar-refractivity contribution in [3.05, 3.63) is 77.6 Å². The molecule has 0 N–H and O–H groups in total. The predicted molar refractivity (Wildman–Crippen MR) is 94.5 cm³/mol. The quantitative estimate of drug-likeness (QED) is 0.514. The molecule has 3 nitrogen and oxygen atoms in total.